The summed E-state index contributed by atoms with van der Waals surface area (Å²) < 4.78 is 0.826. The van der Waals surface area contributed by atoms with Crippen LogP contribution < -0.4 is 5.32 Å². The van der Waals surface area contributed by atoms with E-state index in [0.29, 0.717) is 13.0 Å². The predicted octanol–water partition coefficient (Wildman–Crippen LogP) is 2.57. The molecular formula is C15H19BrN2O3. The minimum atomic E-state index is -0.780. The van der Waals surface area contributed by atoms with E-state index in [1.807, 2.05) is 36.1 Å². The molecule has 1 heterocycles. The Morgan fingerprint density at radius 3 is 2.81 bits per heavy atom. The van der Waals surface area contributed by atoms with E-state index < -0.39 is 5.97 Å². The number of para-hydroxylation sites is 1. The third-order valence-corrected chi connectivity index (χ3v) is 4.55. The first-order valence-corrected chi connectivity index (χ1v) is 7.80. The number of hydrogen-bond donors (Lipinski definition) is 2. The summed E-state index contributed by atoms with van der Waals surface area (Å²) in [5.74, 6) is -1.27. The second-order valence-electron chi connectivity index (χ2n) is 5.32. The van der Waals surface area contributed by atoms with Crippen molar-refractivity contribution in [3.05, 3.63) is 28.7 Å². The van der Waals surface area contributed by atoms with E-state index in [1.165, 1.54) is 0 Å². The smallest absolute Gasteiger partial charge is 0.307 e. The number of aliphatic carboxylic acids is 1. The number of anilines is 1. The van der Waals surface area contributed by atoms with E-state index >= 15 is 0 Å². The van der Waals surface area contributed by atoms with Gasteiger partial charge in [-0.3, -0.25) is 14.5 Å². The largest absolute Gasteiger partial charge is 0.481 e. The van der Waals surface area contributed by atoms with Crippen LogP contribution in [-0.2, 0) is 9.59 Å². The molecule has 1 aromatic rings. The van der Waals surface area contributed by atoms with Gasteiger partial charge in [0, 0.05) is 11.0 Å². The highest BCUT2D eigenvalue weighted by Gasteiger charge is 2.30. The molecule has 1 saturated heterocycles. The molecule has 2 N–H and O–H groups in total. The Morgan fingerprint density at radius 2 is 2.14 bits per heavy atom. The number of carboxylic acid groups (broad SMARTS) is 1. The number of carbonyl (C=O) groups excluding carboxylic acids is 1. The number of nitrogens with zero attached hydrogens (tertiary/aromatic N) is 1. The van der Waals surface area contributed by atoms with Gasteiger partial charge in [-0.15, -0.1) is 0 Å². The van der Waals surface area contributed by atoms with Crippen molar-refractivity contribution in [2.75, 3.05) is 18.4 Å². The van der Waals surface area contributed by atoms with E-state index in [0.717, 1.165) is 23.1 Å². The molecule has 2 atom stereocenters. The lowest BCUT2D eigenvalue weighted by Gasteiger charge is -2.34. The van der Waals surface area contributed by atoms with Gasteiger partial charge in [-0.1, -0.05) is 12.1 Å². The number of carboxylic acids is 1. The molecule has 1 aromatic carbocycles. The third kappa shape index (κ3) is 4.04. The molecule has 1 amide bonds. The van der Waals surface area contributed by atoms with Crippen molar-refractivity contribution < 1.29 is 14.7 Å². The maximum atomic E-state index is 12.3. The number of rotatable bonds is 4. The first-order valence-electron chi connectivity index (χ1n) is 7.01. The molecule has 0 bridgehead atoms. The van der Waals surface area contributed by atoms with Gasteiger partial charge in [0.25, 0.3) is 0 Å². The van der Waals surface area contributed by atoms with Gasteiger partial charge in [-0.25, -0.2) is 0 Å². The Labute approximate surface area is 132 Å². The molecule has 114 valence electrons. The van der Waals surface area contributed by atoms with Crippen LogP contribution in [0, 0.1) is 5.92 Å². The minimum Gasteiger partial charge on any atom is -0.481 e. The van der Waals surface area contributed by atoms with Crippen molar-refractivity contribution in [2.45, 2.75) is 25.8 Å². The molecule has 21 heavy (non-hydrogen) atoms. The Kier molecular flexibility index (Phi) is 5.36. The summed E-state index contributed by atoms with van der Waals surface area (Å²) in [6.07, 6.45) is 1.49. The minimum absolute atomic E-state index is 0.118. The van der Waals surface area contributed by atoms with Crippen LogP contribution in [0.25, 0.3) is 0 Å². The third-order valence-electron chi connectivity index (χ3n) is 3.86. The van der Waals surface area contributed by atoms with Crippen LogP contribution >= 0.6 is 15.9 Å². The van der Waals surface area contributed by atoms with Gasteiger partial charge in [-0.2, -0.15) is 0 Å². The quantitative estimate of drug-likeness (QED) is 0.871. The fourth-order valence-electron chi connectivity index (χ4n) is 2.53. The molecule has 0 saturated carbocycles. The van der Waals surface area contributed by atoms with Crippen LogP contribution in [0.1, 0.15) is 19.8 Å². The van der Waals surface area contributed by atoms with Crippen LogP contribution in [-0.4, -0.2) is 41.0 Å². The van der Waals surface area contributed by atoms with E-state index in [2.05, 4.69) is 21.2 Å². The van der Waals surface area contributed by atoms with E-state index in [9.17, 15) is 9.59 Å². The molecule has 0 aliphatic carbocycles. The van der Waals surface area contributed by atoms with Crippen molar-refractivity contribution in [3.63, 3.8) is 0 Å². The van der Waals surface area contributed by atoms with Gasteiger partial charge < -0.3 is 10.4 Å². The van der Waals surface area contributed by atoms with Crippen LogP contribution in [0.3, 0.4) is 0 Å². The second kappa shape index (κ2) is 7.04. The number of likely N-dealkylation sites (tertiary alicyclic amines) is 1. The Balaban J connectivity index is 1.99. The molecule has 2 unspecified atom stereocenters. The van der Waals surface area contributed by atoms with E-state index in [-0.39, 0.29) is 17.9 Å². The highest BCUT2D eigenvalue weighted by Crippen LogP contribution is 2.23. The zero-order valence-corrected chi connectivity index (χ0v) is 13.5. The summed E-state index contributed by atoms with van der Waals surface area (Å²) in [6, 6.07) is 7.07. The highest BCUT2D eigenvalue weighted by atomic mass is 79.9. The second-order valence-corrected chi connectivity index (χ2v) is 6.17. The molecule has 1 aliphatic heterocycles. The summed E-state index contributed by atoms with van der Waals surface area (Å²) in [5, 5.41) is 12.0. The van der Waals surface area contributed by atoms with Crippen molar-refractivity contribution >= 4 is 33.5 Å². The van der Waals surface area contributed by atoms with E-state index in [1.54, 1.807) is 0 Å². The molecular weight excluding hydrogens is 336 g/mol. The zero-order chi connectivity index (χ0) is 15.4. The fraction of sp³-hybridized carbons (Fsp3) is 0.467. The van der Waals surface area contributed by atoms with Gasteiger partial charge in [0.15, 0.2) is 0 Å². The molecule has 6 heteroatoms. The number of benzene rings is 1. The van der Waals surface area contributed by atoms with Crippen LogP contribution in [0.5, 0.6) is 0 Å². The standard InChI is InChI=1S/C15H19BrN2O3/c1-10(18-8-4-5-11(9-18)15(20)21)14(19)17-13-7-3-2-6-12(13)16/h2-3,6-7,10-11H,4-5,8-9H2,1H3,(H,17,19)(H,20,21). The van der Waals surface area contributed by atoms with Crippen LogP contribution in [0.15, 0.2) is 28.7 Å². The van der Waals surface area contributed by atoms with Crippen molar-refractivity contribution in [3.8, 4) is 0 Å². The Morgan fingerprint density at radius 1 is 1.43 bits per heavy atom. The number of carbonyl (C=O) groups is 2. The Hall–Kier alpha value is -1.40. The molecule has 5 nitrogen and oxygen atoms in total. The molecule has 0 spiro atoms. The summed E-state index contributed by atoms with van der Waals surface area (Å²) in [6.45, 7) is 3.00. The van der Waals surface area contributed by atoms with Crippen molar-refractivity contribution in [1.82, 2.24) is 4.90 Å². The number of piperidine rings is 1. The maximum Gasteiger partial charge on any atom is 0.307 e. The van der Waals surface area contributed by atoms with Crippen LogP contribution in [0.2, 0.25) is 0 Å². The number of hydrogen-bond acceptors (Lipinski definition) is 3. The summed E-state index contributed by atoms with van der Waals surface area (Å²) in [5.41, 5.74) is 0.723. The SMILES string of the molecule is CC(C(=O)Nc1ccccc1Br)N1CCCC(C(=O)O)C1. The number of nitrogens with one attached hydrogen (secondary N) is 1. The summed E-state index contributed by atoms with van der Waals surface area (Å²) in [7, 11) is 0. The predicted molar refractivity (Wildman–Crippen MR) is 84.2 cm³/mol. The van der Waals surface area contributed by atoms with Gasteiger partial charge >= 0.3 is 5.97 Å². The number of amides is 1. The van der Waals surface area contributed by atoms with Gasteiger partial charge in [0.05, 0.1) is 17.6 Å². The first kappa shape index (κ1) is 16.0. The lowest BCUT2D eigenvalue weighted by Crippen LogP contribution is -2.48. The molecule has 0 aromatic heterocycles. The summed E-state index contributed by atoms with van der Waals surface area (Å²) in [4.78, 5) is 25.4. The average molecular weight is 355 g/mol. The van der Waals surface area contributed by atoms with Crippen LogP contribution in [0.4, 0.5) is 5.69 Å². The Bertz CT molecular complexity index is 535. The lowest BCUT2D eigenvalue weighted by molar-refractivity contribution is -0.144. The first-order chi connectivity index (χ1) is 9.99. The number of halogens is 1. The van der Waals surface area contributed by atoms with E-state index in [4.69, 9.17) is 5.11 Å². The zero-order valence-electron chi connectivity index (χ0n) is 11.9. The normalized spacial score (nSPS) is 20.8. The summed E-state index contributed by atoms with van der Waals surface area (Å²) >= 11 is 3.39. The topological polar surface area (TPSA) is 69.6 Å². The van der Waals surface area contributed by atoms with Crippen molar-refractivity contribution in [2.24, 2.45) is 5.92 Å². The average Bonchev–Trinajstić information content (AvgIpc) is 2.49. The van der Waals surface area contributed by atoms with Gasteiger partial charge in [0.2, 0.25) is 5.91 Å². The molecule has 0 radical (unpaired) electrons. The van der Waals surface area contributed by atoms with Gasteiger partial charge in [-0.05, 0) is 54.4 Å². The van der Waals surface area contributed by atoms with Gasteiger partial charge in [0.1, 0.15) is 0 Å². The van der Waals surface area contributed by atoms with Crippen molar-refractivity contribution in [1.29, 1.82) is 0 Å². The molecule has 2 rings (SSSR count). The monoisotopic (exact) mass is 354 g/mol. The maximum absolute atomic E-state index is 12.3. The molecule has 1 aliphatic rings. The highest BCUT2D eigenvalue weighted by molar-refractivity contribution is 9.10. The fourth-order valence-corrected chi connectivity index (χ4v) is 2.91. The molecule has 1 fully saturated rings. The lowest BCUT2D eigenvalue weighted by atomic mass is 9.97.